The smallest absolute Gasteiger partial charge is 0.416 e. The highest BCUT2D eigenvalue weighted by atomic mass is 19.4. The average Bonchev–Trinajstić information content (AvgIpc) is 2.59. The quantitative estimate of drug-likeness (QED) is 0.308. The molecule has 0 radical (unpaired) electrons. The number of nitro groups is 2. The van der Waals surface area contributed by atoms with Crippen molar-refractivity contribution >= 4 is 17.3 Å². The second-order valence-corrected chi connectivity index (χ2v) is 6.24. The molecule has 12 heteroatoms. The maximum atomic E-state index is 13.0. The third-order valence-electron chi connectivity index (χ3n) is 4.20. The number of nitrogens with zero attached hydrogens (tertiary/aromatic N) is 2. The maximum Gasteiger partial charge on any atom is 0.416 e. The molecule has 0 saturated carbocycles. The largest absolute Gasteiger partial charge is 0.444 e. The zero-order valence-corrected chi connectivity index (χ0v) is 14.6. The number of carbonyl (C=O) groups excluding carboxylic acids is 1. The number of ether oxygens (including phenoxy) is 2. The van der Waals surface area contributed by atoms with Crippen molar-refractivity contribution < 1.29 is 37.3 Å². The number of fused-ring (bicyclic) bond motifs is 1. The SMILES string of the molecule is CC1CC(=O)Oc2cc(Oc3c([N+](=O)[O-])cc(C(F)(F)F)cc3[N+](=O)[O-])ccc21. The molecule has 1 aliphatic rings. The molecular weight excluding hydrogens is 401 g/mol. The predicted molar refractivity (Wildman–Crippen MR) is 89.9 cm³/mol. The van der Waals surface area contributed by atoms with E-state index in [1.54, 1.807) is 6.92 Å². The minimum Gasteiger partial charge on any atom is -0.444 e. The highest BCUT2D eigenvalue weighted by Crippen LogP contribution is 2.45. The van der Waals surface area contributed by atoms with Crippen LogP contribution in [0.15, 0.2) is 30.3 Å². The molecule has 1 atom stereocenters. The highest BCUT2D eigenvalue weighted by Gasteiger charge is 2.39. The molecular formula is C17H11F3N2O7. The Morgan fingerprint density at radius 2 is 1.69 bits per heavy atom. The molecule has 0 bridgehead atoms. The summed E-state index contributed by atoms with van der Waals surface area (Å²) in [5.41, 5.74) is -3.37. The monoisotopic (exact) mass is 412 g/mol. The summed E-state index contributed by atoms with van der Waals surface area (Å²) in [5.74, 6) is -1.74. The Morgan fingerprint density at radius 3 is 2.21 bits per heavy atom. The third-order valence-corrected chi connectivity index (χ3v) is 4.20. The van der Waals surface area contributed by atoms with E-state index in [2.05, 4.69) is 0 Å². The van der Waals surface area contributed by atoms with Gasteiger partial charge >= 0.3 is 23.5 Å². The van der Waals surface area contributed by atoms with E-state index in [1.165, 1.54) is 18.2 Å². The van der Waals surface area contributed by atoms with Crippen LogP contribution in [0.4, 0.5) is 24.5 Å². The summed E-state index contributed by atoms with van der Waals surface area (Å²) >= 11 is 0. The van der Waals surface area contributed by atoms with E-state index in [-0.39, 0.29) is 36.0 Å². The molecule has 9 nitrogen and oxygen atoms in total. The van der Waals surface area contributed by atoms with E-state index < -0.39 is 44.7 Å². The molecule has 1 heterocycles. The fourth-order valence-corrected chi connectivity index (χ4v) is 2.85. The average molecular weight is 412 g/mol. The number of hydrogen-bond donors (Lipinski definition) is 0. The number of rotatable bonds is 4. The number of hydrogen-bond acceptors (Lipinski definition) is 7. The van der Waals surface area contributed by atoms with Gasteiger partial charge in [-0.3, -0.25) is 25.0 Å². The van der Waals surface area contributed by atoms with Crippen molar-refractivity contribution in [1.29, 1.82) is 0 Å². The van der Waals surface area contributed by atoms with Crippen molar-refractivity contribution in [2.45, 2.75) is 25.4 Å². The lowest BCUT2D eigenvalue weighted by molar-refractivity contribution is -0.396. The predicted octanol–water partition coefficient (Wildman–Crippen LogP) is 4.73. The summed E-state index contributed by atoms with van der Waals surface area (Å²) in [6.45, 7) is 1.77. The van der Waals surface area contributed by atoms with Crippen LogP contribution in [0.3, 0.4) is 0 Å². The minimum absolute atomic E-state index is 0.100. The van der Waals surface area contributed by atoms with Crippen LogP contribution in [0, 0.1) is 20.2 Å². The van der Waals surface area contributed by atoms with Gasteiger partial charge in [0.2, 0.25) is 0 Å². The molecule has 29 heavy (non-hydrogen) atoms. The van der Waals surface area contributed by atoms with Crippen molar-refractivity contribution in [3.05, 3.63) is 61.7 Å². The first-order valence-corrected chi connectivity index (χ1v) is 8.04. The van der Waals surface area contributed by atoms with Gasteiger partial charge in [-0.05, 0) is 17.5 Å². The van der Waals surface area contributed by atoms with E-state index in [9.17, 15) is 38.2 Å². The van der Waals surface area contributed by atoms with Crippen LogP contribution < -0.4 is 9.47 Å². The van der Waals surface area contributed by atoms with Crippen molar-refractivity contribution in [3.63, 3.8) is 0 Å². The van der Waals surface area contributed by atoms with Gasteiger partial charge in [0.15, 0.2) is 0 Å². The maximum absolute atomic E-state index is 13.0. The van der Waals surface area contributed by atoms with Gasteiger partial charge in [0.25, 0.3) is 5.75 Å². The van der Waals surface area contributed by atoms with E-state index in [1.807, 2.05) is 0 Å². The number of halogens is 3. The van der Waals surface area contributed by atoms with Crippen LogP contribution in [0.5, 0.6) is 17.2 Å². The molecule has 2 aromatic carbocycles. The highest BCUT2D eigenvalue weighted by molar-refractivity contribution is 5.76. The first-order chi connectivity index (χ1) is 13.5. The van der Waals surface area contributed by atoms with Gasteiger partial charge in [0, 0.05) is 18.2 Å². The molecule has 0 saturated heterocycles. The van der Waals surface area contributed by atoms with E-state index >= 15 is 0 Å². The summed E-state index contributed by atoms with van der Waals surface area (Å²) in [7, 11) is 0. The lowest BCUT2D eigenvalue weighted by Crippen LogP contribution is -2.18. The Hall–Kier alpha value is -3.70. The topological polar surface area (TPSA) is 122 Å². The van der Waals surface area contributed by atoms with Crippen LogP contribution in [-0.4, -0.2) is 15.8 Å². The van der Waals surface area contributed by atoms with Gasteiger partial charge in [-0.2, -0.15) is 13.2 Å². The van der Waals surface area contributed by atoms with Crippen LogP contribution in [0.2, 0.25) is 0 Å². The molecule has 0 aliphatic carbocycles. The summed E-state index contributed by atoms with van der Waals surface area (Å²) < 4.78 is 49.2. The Kier molecular flexibility index (Phi) is 4.86. The standard InChI is InChI=1S/C17H11F3N2O7/c1-8-4-15(23)29-14-7-10(2-3-11(8)14)28-16-12(21(24)25)5-9(17(18,19)20)6-13(16)22(26)27/h2-3,5-8H,4H2,1H3. The Bertz CT molecular complexity index is 1000. The normalized spacial score (nSPS) is 16.0. The van der Waals surface area contributed by atoms with Crippen LogP contribution >= 0.6 is 0 Å². The third kappa shape index (κ3) is 3.95. The first-order valence-electron chi connectivity index (χ1n) is 8.04. The van der Waals surface area contributed by atoms with Gasteiger partial charge in [-0.15, -0.1) is 0 Å². The fraction of sp³-hybridized carbons (Fsp3) is 0.235. The Labute approximate surface area is 159 Å². The van der Waals surface area contributed by atoms with E-state index in [0.717, 1.165) is 0 Å². The van der Waals surface area contributed by atoms with Gasteiger partial charge in [-0.1, -0.05) is 13.0 Å². The zero-order chi connectivity index (χ0) is 21.5. The number of nitro benzene ring substituents is 2. The number of benzene rings is 2. The summed E-state index contributed by atoms with van der Waals surface area (Å²) in [6.07, 6.45) is -4.90. The fourth-order valence-electron chi connectivity index (χ4n) is 2.85. The molecule has 0 fully saturated rings. The molecule has 0 N–H and O–H groups in total. The van der Waals surface area contributed by atoms with Gasteiger partial charge in [0.1, 0.15) is 11.5 Å². The van der Waals surface area contributed by atoms with E-state index in [0.29, 0.717) is 5.56 Å². The van der Waals surface area contributed by atoms with Crippen LogP contribution in [0.1, 0.15) is 30.4 Å². The van der Waals surface area contributed by atoms with Crippen LogP contribution in [-0.2, 0) is 11.0 Å². The zero-order valence-electron chi connectivity index (χ0n) is 14.6. The molecule has 3 rings (SSSR count). The van der Waals surface area contributed by atoms with Gasteiger partial charge < -0.3 is 9.47 Å². The molecule has 152 valence electrons. The van der Waals surface area contributed by atoms with Crippen molar-refractivity contribution in [2.75, 3.05) is 0 Å². The van der Waals surface area contributed by atoms with Crippen molar-refractivity contribution in [2.24, 2.45) is 0 Å². The summed E-state index contributed by atoms with van der Waals surface area (Å²) in [6, 6.07) is 4.32. The molecule has 0 amide bonds. The first kappa shape index (κ1) is 20.0. The van der Waals surface area contributed by atoms with Crippen molar-refractivity contribution in [1.82, 2.24) is 0 Å². The van der Waals surface area contributed by atoms with Crippen molar-refractivity contribution in [3.8, 4) is 17.2 Å². The number of carbonyl (C=O) groups is 1. The summed E-state index contributed by atoms with van der Waals surface area (Å²) in [5, 5.41) is 22.5. The molecule has 2 aromatic rings. The van der Waals surface area contributed by atoms with Gasteiger partial charge in [0.05, 0.1) is 21.8 Å². The number of esters is 1. The lowest BCUT2D eigenvalue weighted by atomic mass is 9.95. The Morgan fingerprint density at radius 1 is 1.10 bits per heavy atom. The number of alkyl halides is 3. The van der Waals surface area contributed by atoms with Gasteiger partial charge in [-0.25, -0.2) is 0 Å². The molecule has 1 aliphatic heterocycles. The molecule has 1 unspecified atom stereocenters. The lowest BCUT2D eigenvalue weighted by Gasteiger charge is -2.21. The minimum atomic E-state index is -5.04. The molecule has 0 aromatic heterocycles. The second kappa shape index (κ2) is 7.04. The molecule has 0 spiro atoms. The summed E-state index contributed by atoms with van der Waals surface area (Å²) in [4.78, 5) is 31.7. The Balaban J connectivity index is 2.11. The van der Waals surface area contributed by atoms with Crippen LogP contribution in [0.25, 0.3) is 0 Å². The van der Waals surface area contributed by atoms with E-state index in [4.69, 9.17) is 9.47 Å². The second-order valence-electron chi connectivity index (χ2n) is 6.24.